The van der Waals surface area contributed by atoms with Gasteiger partial charge >= 0.3 is 0 Å². The van der Waals surface area contributed by atoms with Gasteiger partial charge in [0.1, 0.15) is 0 Å². The Morgan fingerprint density at radius 2 is 0.900 bits per heavy atom. The quantitative estimate of drug-likeness (QED) is 0.294. The van der Waals surface area contributed by atoms with Gasteiger partial charge in [0, 0.05) is 9.81 Å². The van der Waals surface area contributed by atoms with Crippen LogP contribution in [0.3, 0.4) is 0 Å². The van der Waals surface area contributed by atoms with Crippen molar-refractivity contribution >= 4 is 78.4 Å². The summed E-state index contributed by atoms with van der Waals surface area (Å²) >= 11 is 7.50. The molecule has 0 atom stereocenters. The fourth-order valence-electron chi connectivity index (χ4n) is 3.73. The molecule has 2 heterocycles. The fourth-order valence-corrected chi connectivity index (χ4v) is 8.61. The zero-order chi connectivity index (χ0) is 19.9. The van der Waals surface area contributed by atoms with E-state index in [0.717, 1.165) is 0 Å². The third-order valence-electron chi connectivity index (χ3n) is 5.19. The molecule has 0 amide bonds. The predicted molar refractivity (Wildman–Crippen MR) is 141 cm³/mol. The average molecular weight is 457 g/mol. The van der Waals surface area contributed by atoms with Gasteiger partial charge in [0.2, 0.25) is 0 Å². The van der Waals surface area contributed by atoms with Crippen LogP contribution in [-0.2, 0) is 0 Å². The fraction of sp³-hybridized carbons (Fsp3) is 0. The summed E-state index contributed by atoms with van der Waals surface area (Å²) in [5.74, 6) is 0. The predicted octanol–water partition coefficient (Wildman–Crippen LogP) is 9.38. The lowest BCUT2D eigenvalue weighted by Crippen LogP contribution is -1.84. The summed E-state index contributed by atoms with van der Waals surface area (Å²) in [5, 5.41) is 9.51. The van der Waals surface area contributed by atoms with Crippen molar-refractivity contribution < 1.29 is 0 Å². The van der Waals surface area contributed by atoms with Gasteiger partial charge in [-0.25, -0.2) is 0 Å². The molecule has 0 saturated carbocycles. The molecule has 4 aromatic carbocycles. The zero-order valence-corrected chi connectivity index (χ0v) is 19.1. The molecule has 30 heavy (non-hydrogen) atoms. The molecule has 0 aliphatic carbocycles. The Balaban J connectivity index is 1.52. The molecule has 0 aromatic heterocycles. The largest absolute Gasteiger partial charge is 0.0884 e. The molecule has 0 nitrogen and oxygen atoms in total. The molecular weight excluding hydrogens is 441 g/mol. The highest BCUT2D eigenvalue weighted by molar-refractivity contribution is 8.37. The van der Waals surface area contributed by atoms with Gasteiger partial charge in [-0.2, -0.15) is 0 Å². The van der Waals surface area contributed by atoms with E-state index in [-0.39, 0.29) is 0 Å². The van der Waals surface area contributed by atoms with Gasteiger partial charge in [-0.15, -0.1) is 0 Å². The van der Waals surface area contributed by atoms with Crippen molar-refractivity contribution in [3.05, 3.63) is 115 Å². The number of thioether (sulfide) groups is 4. The van der Waals surface area contributed by atoms with Crippen LogP contribution in [0.4, 0.5) is 0 Å². The molecule has 144 valence electrons. The second kappa shape index (κ2) is 7.93. The Morgan fingerprint density at radius 1 is 0.433 bits per heavy atom. The van der Waals surface area contributed by atoms with Gasteiger partial charge in [-0.1, -0.05) is 120 Å². The second-order valence-electron chi connectivity index (χ2n) is 7.07. The Kier molecular flexibility index (Phi) is 4.96. The van der Waals surface area contributed by atoms with E-state index in [2.05, 4.69) is 95.7 Å². The maximum absolute atomic E-state index is 2.33. The Morgan fingerprint density at radius 3 is 1.40 bits per heavy atom. The number of rotatable bonds is 2. The Bertz CT molecular complexity index is 1290. The lowest BCUT2D eigenvalue weighted by Gasteiger charge is -2.09. The maximum atomic E-state index is 2.33. The molecular formula is C26H16S4. The minimum absolute atomic E-state index is 1.29. The van der Waals surface area contributed by atoms with Crippen LogP contribution in [-0.4, -0.2) is 0 Å². The van der Waals surface area contributed by atoms with E-state index in [9.17, 15) is 0 Å². The molecule has 0 spiro atoms. The maximum Gasteiger partial charge on any atom is 0.0706 e. The highest BCUT2D eigenvalue weighted by atomic mass is 32.2. The highest BCUT2D eigenvalue weighted by Crippen LogP contribution is 2.61. The first-order chi connectivity index (χ1) is 14.8. The SMILES string of the molecule is C1=CSC(=C2SC(c3ccc4ccccc4c3)=C(c3ccc4ccccc4c3)S2)S1. The van der Waals surface area contributed by atoms with E-state index in [1.165, 1.54) is 51.0 Å². The summed E-state index contributed by atoms with van der Waals surface area (Å²) < 4.78 is 2.78. The van der Waals surface area contributed by atoms with E-state index in [4.69, 9.17) is 0 Å². The Labute approximate surface area is 192 Å². The van der Waals surface area contributed by atoms with Crippen LogP contribution in [0.1, 0.15) is 11.1 Å². The molecule has 0 unspecified atom stereocenters. The van der Waals surface area contributed by atoms with Crippen molar-refractivity contribution in [1.29, 1.82) is 0 Å². The highest BCUT2D eigenvalue weighted by Gasteiger charge is 2.27. The van der Waals surface area contributed by atoms with E-state index >= 15 is 0 Å². The number of benzene rings is 4. The molecule has 0 bridgehead atoms. The summed E-state index contributed by atoms with van der Waals surface area (Å²) in [6.45, 7) is 0. The Hall–Kier alpha value is -1.98. The molecule has 4 heteroatoms. The molecule has 0 fully saturated rings. The van der Waals surface area contributed by atoms with Gasteiger partial charge in [0.25, 0.3) is 0 Å². The van der Waals surface area contributed by atoms with Crippen LogP contribution in [0.25, 0.3) is 31.4 Å². The van der Waals surface area contributed by atoms with Crippen molar-refractivity contribution in [2.75, 3.05) is 0 Å². The van der Waals surface area contributed by atoms with Crippen LogP contribution in [0.5, 0.6) is 0 Å². The number of fused-ring (bicyclic) bond motifs is 2. The van der Waals surface area contributed by atoms with E-state index in [0.29, 0.717) is 0 Å². The summed E-state index contributed by atoms with van der Waals surface area (Å²) in [5.41, 5.74) is 2.59. The van der Waals surface area contributed by atoms with E-state index in [1.54, 1.807) is 0 Å². The van der Waals surface area contributed by atoms with Gasteiger partial charge < -0.3 is 0 Å². The van der Waals surface area contributed by atoms with Crippen molar-refractivity contribution in [3.8, 4) is 0 Å². The number of hydrogen-bond acceptors (Lipinski definition) is 4. The molecule has 2 aliphatic rings. The van der Waals surface area contributed by atoms with Gasteiger partial charge in [-0.05, 0) is 55.6 Å². The van der Waals surface area contributed by atoms with Crippen LogP contribution in [0.2, 0.25) is 0 Å². The molecule has 2 aliphatic heterocycles. The monoisotopic (exact) mass is 456 g/mol. The van der Waals surface area contributed by atoms with Gasteiger partial charge in [0.15, 0.2) is 0 Å². The lowest BCUT2D eigenvalue weighted by molar-refractivity contribution is 1.68. The first-order valence-electron chi connectivity index (χ1n) is 9.66. The van der Waals surface area contributed by atoms with Crippen molar-refractivity contribution in [3.63, 3.8) is 0 Å². The lowest BCUT2D eigenvalue weighted by atomic mass is 10.0. The second-order valence-corrected chi connectivity index (χ2v) is 11.5. The van der Waals surface area contributed by atoms with Crippen LogP contribution < -0.4 is 0 Å². The van der Waals surface area contributed by atoms with Crippen LogP contribution in [0, 0.1) is 0 Å². The van der Waals surface area contributed by atoms with Crippen LogP contribution >= 0.6 is 47.0 Å². The summed E-state index contributed by atoms with van der Waals surface area (Å²) in [6, 6.07) is 30.9. The average Bonchev–Trinajstić information content (AvgIpc) is 3.48. The van der Waals surface area contributed by atoms with Gasteiger partial charge in [-0.3, -0.25) is 0 Å². The summed E-state index contributed by atoms with van der Waals surface area (Å²) in [7, 11) is 0. The van der Waals surface area contributed by atoms with Crippen molar-refractivity contribution in [2.24, 2.45) is 0 Å². The molecule has 0 N–H and O–H groups in total. The third-order valence-corrected chi connectivity index (χ3v) is 10.5. The van der Waals surface area contributed by atoms with E-state index in [1.807, 2.05) is 47.0 Å². The smallest absolute Gasteiger partial charge is 0.0706 e. The minimum Gasteiger partial charge on any atom is -0.0884 e. The van der Waals surface area contributed by atoms with E-state index < -0.39 is 0 Å². The first-order valence-corrected chi connectivity index (χ1v) is 13.1. The zero-order valence-electron chi connectivity index (χ0n) is 15.9. The normalized spacial score (nSPS) is 16.4. The minimum atomic E-state index is 1.29. The molecule has 0 saturated heterocycles. The molecule has 0 radical (unpaired) electrons. The third kappa shape index (κ3) is 3.42. The number of hydrogen-bond donors (Lipinski definition) is 0. The topological polar surface area (TPSA) is 0 Å². The molecule has 4 aromatic rings. The van der Waals surface area contributed by atoms with Crippen LogP contribution in [0.15, 0.2) is 104 Å². The molecule has 6 rings (SSSR count). The van der Waals surface area contributed by atoms with Crippen molar-refractivity contribution in [1.82, 2.24) is 0 Å². The summed E-state index contributed by atoms with van der Waals surface area (Å²) in [6.07, 6.45) is 0. The van der Waals surface area contributed by atoms with Gasteiger partial charge in [0.05, 0.1) is 8.47 Å². The standard InChI is InChI=1S/C26H16S4/c1-3-7-19-15-21(11-9-17(19)5-1)23-24(30-26(29-23)25-27-13-14-28-25)22-12-10-18-6-2-4-8-20(18)16-22/h1-16H. The summed E-state index contributed by atoms with van der Waals surface area (Å²) in [4.78, 5) is 2.72. The van der Waals surface area contributed by atoms with Crippen molar-refractivity contribution in [2.45, 2.75) is 0 Å². The first kappa shape index (κ1) is 18.8.